The third-order valence-corrected chi connectivity index (χ3v) is 1.85. The second-order valence-electron chi connectivity index (χ2n) is 2.94. The molecule has 68 valence electrons. The minimum atomic E-state index is 0.292. The summed E-state index contributed by atoms with van der Waals surface area (Å²) < 4.78 is 10.4. The smallest absolute Gasteiger partial charge is 0.242 e. The second kappa shape index (κ2) is 2.97. The Morgan fingerprint density at radius 1 is 1.38 bits per heavy atom. The maximum absolute atomic E-state index is 5.39. The van der Waals surface area contributed by atoms with Gasteiger partial charge in [0.25, 0.3) is 0 Å². The number of fused-ring (bicyclic) bond motifs is 1. The van der Waals surface area contributed by atoms with Crippen LogP contribution in [0.4, 0.5) is 0 Å². The molecule has 0 aliphatic carbocycles. The van der Waals surface area contributed by atoms with Crippen molar-refractivity contribution in [3.05, 3.63) is 23.8 Å². The fourth-order valence-corrected chi connectivity index (χ4v) is 1.29. The summed E-state index contributed by atoms with van der Waals surface area (Å²) in [5.41, 5.74) is 6.42. The molecule has 1 aromatic rings. The first-order valence-electron chi connectivity index (χ1n) is 4.01. The van der Waals surface area contributed by atoms with E-state index < -0.39 is 0 Å². The Bertz CT molecular complexity index is 349. The summed E-state index contributed by atoms with van der Waals surface area (Å²) in [6.45, 7) is 0.292. The van der Waals surface area contributed by atoms with Gasteiger partial charge in [-0.15, -0.1) is 0 Å². The van der Waals surface area contributed by atoms with E-state index in [4.69, 9.17) is 20.6 Å². The van der Waals surface area contributed by atoms with Crippen LogP contribution in [0.25, 0.3) is 0 Å². The highest BCUT2D eigenvalue weighted by atomic mass is 16.7. The molecule has 0 radical (unpaired) electrons. The monoisotopic (exact) mass is 179 g/mol. The van der Waals surface area contributed by atoms with Crippen LogP contribution >= 0.6 is 0 Å². The lowest BCUT2D eigenvalue weighted by Crippen LogP contribution is -2.46. The molecular weight excluding hydrogens is 168 g/mol. The molecule has 0 amide bonds. The van der Waals surface area contributed by atoms with Gasteiger partial charge in [-0.1, -0.05) is 6.07 Å². The van der Waals surface area contributed by atoms with Crippen molar-refractivity contribution in [2.75, 3.05) is 6.79 Å². The van der Waals surface area contributed by atoms with Gasteiger partial charge in [-0.25, -0.2) is 0 Å². The molecule has 13 heavy (non-hydrogen) atoms. The maximum Gasteiger partial charge on any atom is 0.242 e. The molecule has 4 heteroatoms. The van der Waals surface area contributed by atoms with Gasteiger partial charge in [0.05, 0.1) is 6.42 Å². The van der Waals surface area contributed by atoms with Crippen LogP contribution in [0.2, 0.25) is 0 Å². The van der Waals surface area contributed by atoms with Crippen LogP contribution in [0, 0.1) is 0 Å². The van der Waals surface area contributed by atoms with Crippen LogP contribution in [-0.4, -0.2) is 12.6 Å². The predicted octanol–water partition coefficient (Wildman–Crippen LogP) is -0.926. The molecule has 0 atom stereocenters. The van der Waals surface area contributed by atoms with Gasteiger partial charge in [0.2, 0.25) is 12.6 Å². The maximum atomic E-state index is 5.39. The van der Waals surface area contributed by atoms with E-state index in [0.717, 1.165) is 17.1 Å². The Labute approximate surface area is 75.8 Å². The Morgan fingerprint density at radius 3 is 2.92 bits per heavy atom. The summed E-state index contributed by atoms with van der Waals surface area (Å²) in [5, 5.41) is 5.39. The first-order chi connectivity index (χ1) is 6.25. The van der Waals surface area contributed by atoms with Crippen molar-refractivity contribution in [2.45, 2.75) is 6.42 Å². The number of ether oxygens (including phenoxy) is 2. The SMILES string of the molecule is NC(=[NH2+])Cc1ccc2c(c1)OCO2. The zero-order chi connectivity index (χ0) is 9.26. The average molecular weight is 179 g/mol. The highest BCUT2D eigenvalue weighted by Crippen LogP contribution is 2.32. The summed E-state index contributed by atoms with van der Waals surface area (Å²) >= 11 is 0. The van der Waals surface area contributed by atoms with Crippen molar-refractivity contribution in [3.63, 3.8) is 0 Å². The lowest BCUT2D eigenvalue weighted by Gasteiger charge is -1.98. The first-order valence-corrected chi connectivity index (χ1v) is 4.01. The lowest BCUT2D eigenvalue weighted by atomic mass is 10.1. The molecule has 0 aromatic heterocycles. The lowest BCUT2D eigenvalue weighted by molar-refractivity contribution is -0.117. The third-order valence-electron chi connectivity index (χ3n) is 1.85. The molecule has 1 aliphatic rings. The molecule has 2 rings (SSSR count). The Balaban J connectivity index is 2.25. The number of rotatable bonds is 2. The van der Waals surface area contributed by atoms with Gasteiger partial charge in [-0.05, 0) is 17.7 Å². The highest BCUT2D eigenvalue weighted by Gasteiger charge is 2.13. The van der Waals surface area contributed by atoms with Gasteiger partial charge in [0.1, 0.15) is 0 Å². The highest BCUT2D eigenvalue weighted by molar-refractivity contribution is 5.76. The molecule has 0 saturated carbocycles. The van der Waals surface area contributed by atoms with E-state index in [9.17, 15) is 0 Å². The van der Waals surface area contributed by atoms with Crippen molar-refractivity contribution >= 4 is 5.84 Å². The molecular formula is C9H11N2O2+. The number of amidine groups is 1. The molecule has 1 aliphatic heterocycles. The van der Waals surface area contributed by atoms with Crippen molar-refractivity contribution < 1.29 is 14.9 Å². The minimum absolute atomic E-state index is 0.292. The summed E-state index contributed by atoms with van der Waals surface area (Å²) in [6, 6.07) is 5.68. The van der Waals surface area contributed by atoms with Crippen molar-refractivity contribution in [1.29, 1.82) is 0 Å². The van der Waals surface area contributed by atoms with Gasteiger partial charge >= 0.3 is 0 Å². The van der Waals surface area contributed by atoms with Crippen molar-refractivity contribution in [2.24, 2.45) is 5.73 Å². The molecule has 1 heterocycles. The van der Waals surface area contributed by atoms with Gasteiger partial charge < -0.3 is 9.47 Å². The summed E-state index contributed by atoms with van der Waals surface area (Å²) in [4.78, 5) is 0. The normalized spacial score (nSPS) is 12.9. The molecule has 0 bridgehead atoms. The van der Waals surface area contributed by atoms with Crippen LogP contribution in [-0.2, 0) is 6.42 Å². The van der Waals surface area contributed by atoms with Gasteiger partial charge in [0.15, 0.2) is 11.5 Å². The number of nitrogens with two attached hydrogens (primary N) is 2. The van der Waals surface area contributed by atoms with E-state index >= 15 is 0 Å². The fraction of sp³-hybridized carbons (Fsp3) is 0.222. The van der Waals surface area contributed by atoms with Gasteiger partial charge in [0, 0.05) is 0 Å². The molecule has 1 aromatic carbocycles. The molecule has 0 fully saturated rings. The number of hydrogen-bond acceptors (Lipinski definition) is 2. The zero-order valence-corrected chi connectivity index (χ0v) is 7.12. The van der Waals surface area contributed by atoms with Crippen LogP contribution in [0.3, 0.4) is 0 Å². The second-order valence-corrected chi connectivity index (χ2v) is 2.94. The summed E-state index contributed by atoms with van der Waals surface area (Å²) in [6.07, 6.45) is 0.566. The molecule has 4 nitrogen and oxygen atoms in total. The average Bonchev–Trinajstić information content (AvgIpc) is 2.49. The Kier molecular flexibility index (Phi) is 1.81. The van der Waals surface area contributed by atoms with Crippen LogP contribution < -0.4 is 20.6 Å². The van der Waals surface area contributed by atoms with Crippen LogP contribution in [0.1, 0.15) is 5.56 Å². The largest absolute Gasteiger partial charge is 0.454 e. The minimum Gasteiger partial charge on any atom is -0.454 e. The van der Waals surface area contributed by atoms with Crippen molar-refractivity contribution in [3.8, 4) is 11.5 Å². The van der Waals surface area contributed by atoms with E-state index in [-0.39, 0.29) is 0 Å². The van der Waals surface area contributed by atoms with E-state index in [1.165, 1.54) is 0 Å². The summed E-state index contributed by atoms with van der Waals surface area (Å²) in [7, 11) is 0. The summed E-state index contributed by atoms with van der Waals surface area (Å²) in [5.74, 6) is 1.94. The molecule has 4 N–H and O–H groups in total. The van der Waals surface area contributed by atoms with E-state index in [2.05, 4.69) is 0 Å². The molecule has 0 unspecified atom stereocenters. The van der Waals surface area contributed by atoms with Gasteiger partial charge in [-0.3, -0.25) is 11.1 Å². The fourth-order valence-electron chi connectivity index (χ4n) is 1.29. The third kappa shape index (κ3) is 1.56. The Hall–Kier alpha value is -1.71. The topological polar surface area (TPSA) is 70.1 Å². The van der Waals surface area contributed by atoms with Crippen molar-refractivity contribution in [1.82, 2.24) is 0 Å². The Morgan fingerprint density at radius 2 is 2.15 bits per heavy atom. The van der Waals surface area contributed by atoms with E-state index in [1.54, 1.807) is 0 Å². The predicted molar refractivity (Wildman–Crippen MR) is 47.4 cm³/mol. The van der Waals surface area contributed by atoms with E-state index in [0.29, 0.717) is 19.0 Å². The molecule has 0 spiro atoms. The standard InChI is InChI=1S/C9H10N2O2/c10-9(11)4-6-1-2-7-8(3-6)13-5-12-7/h1-3H,4-5H2,(H3,10,11)/p+1. The zero-order valence-electron chi connectivity index (χ0n) is 7.12. The van der Waals surface area contributed by atoms with Crippen LogP contribution in [0.5, 0.6) is 11.5 Å². The first kappa shape index (κ1) is 7.91. The van der Waals surface area contributed by atoms with Gasteiger partial charge in [-0.2, -0.15) is 0 Å². The van der Waals surface area contributed by atoms with Crippen LogP contribution in [0.15, 0.2) is 18.2 Å². The number of hydrogen-bond donors (Lipinski definition) is 2. The quantitative estimate of drug-likeness (QED) is 0.455. The van der Waals surface area contributed by atoms with E-state index in [1.807, 2.05) is 18.2 Å². The number of benzene rings is 1. The molecule has 0 saturated heterocycles.